The Hall–Kier alpha value is -1.21. The molecule has 6 nitrogen and oxygen atoms in total. The number of carbonyl (C=O) groups is 1. The number of hydrogen-bond acceptors (Lipinski definition) is 5. The molecule has 0 N–H and O–H groups in total. The molecule has 0 aliphatic heterocycles. The third-order valence-electron chi connectivity index (χ3n) is 2.00. The molecule has 0 saturated carbocycles. The van der Waals surface area contributed by atoms with E-state index in [1.54, 1.807) is 0 Å². The Labute approximate surface area is 113 Å². The third-order valence-corrected chi connectivity index (χ3v) is 2.92. The summed E-state index contributed by atoms with van der Waals surface area (Å²) in [7, 11) is 0. The molecule has 7 heteroatoms. The van der Waals surface area contributed by atoms with Crippen LogP contribution in [-0.4, -0.2) is 59.4 Å². The van der Waals surface area contributed by atoms with Gasteiger partial charge in [0.2, 0.25) is 0 Å². The number of benzene rings is 1. The summed E-state index contributed by atoms with van der Waals surface area (Å²) in [5.41, 5.74) is 1.56. The van der Waals surface area contributed by atoms with Crippen LogP contribution in [-0.2, 0) is 9.53 Å². The standard InChI is InChI=1S/C10H10N3O3.Po/c1-8(14)15-6-7-16-13-10-5-3-2-4-9(10)11-12-13;/h2-5H,1,6-7H2;. The molecule has 2 rings (SSSR count). The number of rotatable bonds is 5. The van der Waals surface area contributed by atoms with Gasteiger partial charge in [-0.2, -0.15) is 0 Å². The van der Waals surface area contributed by atoms with E-state index in [9.17, 15) is 4.79 Å². The molecule has 0 spiro atoms. The van der Waals surface area contributed by atoms with Crippen molar-refractivity contribution in [3.8, 4) is 0 Å². The maximum atomic E-state index is 10.9. The van der Waals surface area contributed by atoms with E-state index in [-0.39, 0.29) is 19.2 Å². The van der Waals surface area contributed by atoms with Gasteiger partial charge < -0.3 is 0 Å². The van der Waals surface area contributed by atoms with Gasteiger partial charge in [-0.15, -0.1) is 0 Å². The zero-order valence-electron chi connectivity index (χ0n) is 8.91. The van der Waals surface area contributed by atoms with E-state index >= 15 is 0 Å². The minimum atomic E-state index is -0.202. The molecule has 0 unspecified atom stereocenters. The first-order chi connectivity index (χ1) is 8.31. The zero-order valence-corrected chi connectivity index (χ0v) is 12.1. The fourth-order valence-electron chi connectivity index (χ4n) is 1.26. The summed E-state index contributed by atoms with van der Waals surface area (Å²) in [5, 5.41) is 7.77. The van der Waals surface area contributed by atoms with Crippen molar-refractivity contribution >= 4 is 42.1 Å². The van der Waals surface area contributed by atoms with E-state index in [0.29, 0.717) is 4.08 Å². The molecule has 17 heavy (non-hydrogen) atoms. The molecule has 1 aromatic heterocycles. The van der Waals surface area contributed by atoms with Crippen LogP contribution in [0, 0.1) is 0 Å². The summed E-state index contributed by atoms with van der Waals surface area (Å²) in [5.74, 6) is -0.202. The normalized spacial score (nSPS) is 10.4. The van der Waals surface area contributed by atoms with Crippen molar-refractivity contribution in [3.63, 3.8) is 0 Å². The number of para-hydroxylation sites is 1. The Bertz CT molecular complexity index is 514. The van der Waals surface area contributed by atoms with Gasteiger partial charge in [0.25, 0.3) is 0 Å². The van der Waals surface area contributed by atoms with Crippen LogP contribution < -0.4 is 4.84 Å². The van der Waals surface area contributed by atoms with Gasteiger partial charge in [0.1, 0.15) is 0 Å². The molecule has 0 aliphatic carbocycles. The Morgan fingerprint density at radius 3 is 3.00 bits per heavy atom. The van der Waals surface area contributed by atoms with Gasteiger partial charge in [0.15, 0.2) is 0 Å². The fraction of sp³-hybridized carbons (Fsp3) is 0.300. The average molecular weight is 429 g/mol. The summed E-state index contributed by atoms with van der Waals surface area (Å²) in [6, 6.07) is 7.47. The number of carbonyl (C=O) groups excluding carboxylic acids is 1. The second-order valence-electron chi connectivity index (χ2n) is 3.15. The summed E-state index contributed by atoms with van der Waals surface area (Å²) in [6.45, 7) is 0.481. The molecule has 1 radical (unpaired) electrons. The molecular weight excluding hydrogens is 419 g/mol. The molecule has 0 saturated heterocycles. The number of aromatic nitrogens is 3. The predicted octanol–water partition coefficient (Wildman–Crippen LogP) is -0.0101. The van der Waals surface area contributed by atoms with Crippen molar-refractivity contribution in [2.45, 2.75) is 4.08 Å². The number of nitrogens with zero attached hydrogens (tertiary/aromatic N) is 3. The Morgan fingerprint density at radius 2 is 2.18 bits per heavy atom. The summed E-state index contributed by atoms with van der Waals surface area (Å²) in [6.07, 6.45) is 0. The van der Waals surface area contributed by atoms with Gasteiger partial charge in [0, 0.05) is 0 Å². The molecule has 0 atom stereocenters. The minimum absolute atomic E-state index is 0.202. The van der Waals surface area contributed by atoms with Crippen molar-refractivity contribution in [2.75, 3.05) is 13.2 Å². The number of fused-ring (bicyclic) bond motifs is 1. The van der Waals surface area contributed by atoms with E-state index in [1.165, 1.54) is 29.9 Å². The summed E-state index contributed by atoms with van der Waals surface area (Å²) < 4.78 is 5.35. The summed E-state index contributed by atoms with van der Waals surface area (Å²) >= 11 is 1.19. The van der Waals surface area contributed by atoms with Crippen LogP contribution in [0.5, 0.6) is 0 Å². The third kappa shape index (κ3) is 3.13. The quantitative estimate of drug-likeness (QED) is 0.495. The molecule has 1 aromatic carbocycles. The molecular formula is C10H10N3O3Po. The van der Waals surface area contributed by atoms with Gasteiger partial charge >= 0.3 is 113 Å². The van der Waals surface area contributed by atoms with Crippen molar-refractivity contribution in [3.05, 3.63) is 24.3 Å². The molecule has 0 amide bonds. The van der Waals surface area contributed by atoms with Crippen LogP contribution in [0.25, 0.3) is 11.0 Å². The Kier molecular flexibility index (Phi) is 4.27. The number of hydrogen-bond donors (Lipinski definition) is 0. The molecule has 0 fully saturated rings. The van der Waals surface area contributed by atoms with E-state index in [1.807, 2.05) is 24.3 Å². The first-order valence-corrected chi connectivity index (χ1v) is 7.23. The van der Waals surface area contributed by atoms with Crippen LogP contribution in [0.2, 0.25) is 4.08 Å². The second kappa shape index (κ2) is 5.92. The van der Waals surface area contributed by atoms with Crippen LogP contribution in [0.3, 0.4) is 0 Å². The van der Waals surface area contributed by atoms with E-state index in [2.05, 4.69) is 10.3 Å². The molecule has 2 aromatic rings. The predicted molar refractivity (Wildman–Crippen MR) is 60.5 cm³/mol. The second-order valence-corrected chi connectivity index (χ2v) is 4.27. The van der Waals surface area contributed by atoms with Crippen LogP contribution in [0.4, 0.5) is 0 Å². The maximum absolute atomic E-state index is 10.9. The zero-order chi connectivity index (χ0) is 12.1. The van der Waals surface area contributed by atoms with Gasteiger partial charge in [-0.05, 0) is 0 Å². The monoisotopic (exact) mass is 429 g/mol. The number of esters is 1. The van der Waals surface area contributed by atoms with Crippen molar-refractivity contribution in [1.82, 2.24) is 15.2 Å². The van der Waals surface area contributed by atoms with Crippen LogP contribution in [0.15, 0.2) is 24.3 Å². The van der Waals surface area contributed by atoms with Crippen LogP contribution >= 0.6 is 0 Å². The average Bonchev–Trinajstić information content (AvgIpc) is 2.78. The SMILES string of the molecule is O=C([CH2][Po])OCCOn1nnc2ccccc21. The van der Waals surface area contributed by atoms with Crippen LogP contribution in [0.1, 0.15) is 0 Å². The van der Waals surface area contributed by atoms with Gasteiger partial charge in [-0.1, -0.05) is 0 Å². The summed E-state index contributed by atoms with van der Waals surface area (Å²) in [4.78, 5) is 17.6. The van der Waals surface area contributed by atoms with Gasteiger partial charge in [-0.25, -0.2) is 0 Å². The molecule has 0 bridgehead atoms. The van der Waals surface area contributed by atoms with Crippen molar-refractivity contribution < 1.29 is 14.4 Å². The fourth-order valence-corrected chi connectivity index (χ4v) is 1.59. The molecule has 1 heterocycles. The van der Waals surface area contributed by atoms with E-state index in [0.717, 1.165) is 11.0 Å². The molecule has 0 aliphatic rings. The van der Waals surface area contributed by atoms with E-state index < -0.39 is 0 Å². The van der Waals surface area contributed by atoms with Gasteiger partial charge in [0.05, 0.1) is 0 Å². The first-order valence-electron chi connectivity index (χ1n) is 4.98. The Balaban J connectivity index is 1.89. The van der Waals surface area contributed by atoms with Gasteiger partial charge in [-0.3, -0.25) is 0 Å². The molecule has 89 valence electrons. The Morgan fingerprint density at radius 1 is 1.35 bits per heavy atom. The first kappa shape index (κ1) is 12.2. The van der Waals surface area contributed by atoms with Crippen molar-refractivity contribution in [1.29, 1.82) is 0 Å². The topological polar surface area (TPSA) is 66.2 Å². The van der Waals surface area contributed by atoms with E-state index in [4.69, 9.17) is 9.57 Å². The number of ether oxygens (including phenoxy) is 1. The van der Waals surface area contributed by atoms with Crippen molar-refractivity contribution in [2.24, 2.45) is 0 Å².